The smallest absolute Gasteiger partial charge is 0.321 e. The Labute approximate surface area is 188 Å². The molecule has 1 N–H and O–H groups in total. The quantitative estimate of drug-likeness (QED) is 0.224. The number of hydrogen-bond acceptors (Lipinski definition) is 6. The van der Waals surface area contributed by atoms with Crippen molar-refractivity contribution in [2.45, 2.75) is 57.8 Å². The zero-order chi connectivity index (χ0) is 23.5. The fraction of sp³-hybridized carbons (Fsp3) is 0.636. The summed E-state index contributed by atoms with van der Waals surface area (Å²) in [5.41, 5.74) is 0.679. The van der Waals surface area contributed by atoms with Crippen molar-refractivity contribution in [2.24, 2.45) is 5.92 Å². The van der Waals surface area contributed by atoms with Gasteiger partial charge in [0.1, 0.15) is 5.92 Å². The van der Waals surface area contributed by atoms with Gasteiger partial charge >= 0.3 is 5.97 Å². The minimum Gasteiger partial charge on any atom is -0.480 e. The van der Waals surface area contributed by atoms with E-state index in [1.165, 1.54) is 0 Å². The molecule has 9 heteroatoms. The summed E-state index contributed by atoms with van der Waals surface area (Å²) in [5, 5.41) is 18.2. The van der Waals surface area contributed by atoms with Gasteiger partial charge in [0, 0.05) is 29.4 Å². The predicted molar refractivity (Wildman–Crippen MR) is 126 cm³/mol. The summed E-state index contributed by atoms with van der Waals surface area (Å²) in [6.45, 7) is 15.1. The zero-order valence-corrected chi connectivity index (χ0v) is 21.7. The Bertz CT molecular complexity index is 737. The molecule has 0 aliphatic carbocycles. The van der Waals surface area contributed by atoms with Crippen LogP contribution in [0.4, 0.5) is 0 Å². The van der Waals surface area contributed by atoms with Crippen LogP contribution in [-0.2, 0) is 20.7 Å². The number of hydrogen-bond donors (Lipinski definition) is 1. The molecule has 0 saturated carbocycles. The number of aliphatic carboxylic acids is 1. The van der Waals surface area contributed by atoms with Gasteiger partial charge in [0.05, 0.1) is 6.07 Å². The van der Waals surface area contributed by atoms with Gasteiger partial charge in [-0.1, -0.05) is 45.3 Å². The summed E-state index contributed by atoms with van der Waals surface area (Å²) in [6.07, 6.45) is 0.0890. The van der Waals surface area contributed by atoms with Crippen LogP contribution >= 0.6 is 0 Å². The second kappa shape index (κ2) is 12.9. The third kappa shape index (κ3) is 12.5. The summed E-state index contributed by atoms with van der Waals surface area (Å²) >= 11 is 0. The molecular formula is C22H37NO6Si2. The van der Waals surface area contributed by atoms with E-state index in [9.17, 15) is 4.79 Å². The highest BCUT2D eigenvalue weighted by atomic mass is 28.3. The van der Waals surface area contributed by atoms with Crippen molar-refractivity contribution in [1.82, 2.24) is 0 Å². The standard InChI is InChI=1S/C22H37NO6Si2/c1-30(2,3)11-9-26-16-28-20-8-7-18(13-19(15-23)22(24)25)14-21(20)29-17-27-10-12-31(4,5)6/h7-8,14,19H,9-13,16-17H2,1-6H3,(H,24,25). The molecule has 0 heterocycles. The molecule has 1 unspecified atom stereocenters. The Morgan fingerprint density at radius 3 is 1.94 bits per heavy atom. The first-order chi connectivity index (χ1) is 14.4. The van der Waals surface area contributed by atoms with Crippen molar-refractivity contribution in [3.8, 4) is 17.6 Å². The monoisotopic (exact) mass is 467 g/mol. The van der Waals surface area contributed by atoms with Gasteiger partial charge in [-0.2, -0.15) is 5.26 Å². The first-order valence-electron chi connectivity index (χ1n) is 10.6. The molecule has 0 saturated heterocycles. The van der Waals surface area contributed by atoms with Crippen LogP contribution in [0.2, 0.25) is 51.4 Å². The average Bonchev–Trinajstić information content (AvgIpc) is 2.64. The molecular weight excluding hydrogens is 430 g/mol. The van der Waals surface area contributed by atoms with E-state index in [4.69, 9.17) is 29.3 Å². The number of benzene rings is 1. The van der Waals surface area contributed by atoms with E-state index in [0.717, 1.165) is 12.1 Å². The van der Waals surface area contributed by atoms with Crippen LogP contribution in [0.1, 0.15) is 5.56 Å². The summed E-state index contributed by atoms with van der Waals surface area (Å²) in [7, 11) is -2.35. The molecule has 0 spiro atoms. The minimum atomic E-state index is -1.18. The fourth-order valence-electron chi connectivity index (χ4n) is 2.42. The molecule has 1 atom stereocenters. The molecule has 0 radical (unpaired) electrons. The predicted octanol–water partition coefficient (Wildman–Crippen LogP) is 4.84. The number of carbonyl (C=O) groups is 1. The van der Waals surface area contributed by atoms with E-state index in [1.54, 1.807) is 18.2 Å². The van der Waals surface area contributed by atoms with Gasteiger partial charge in [0.25, 0.3) is 0 Å². The van der Waals surface area contributed by atoms with Crippen molar-refractivity contribution in [1.29, 1.82) is 5.26 Å². The van der Waals surface area contributed by atoms with Gasteiger partial charge in [-0.15, -0.1) is 0 Å². The summed E-state index contributed by atoms with van der Waals surface area (Å²) < 4.78 is 22.7. The maximum Gasteiger partial charge on any atom is 0.321 e. The van der Waals surface area contributed by atoms with Crippen molar-refractivity contribution in [3.05, 3.63) is 23.8 Å². The van der Waals surface area contributed by atoms with Crippen LogP contribution in [0.25, 0.3) is 0 Å². The van der Waals surface area contributed by atoms with Crippen molar-refractivity contribution in [2.75, 3.05) is 26.8 Å². The lowest BCUT2D eigenvalue weighted by Gasteiger charge is -2.18. The third-order valence-electron chi connectivity index (χ3n) is 4.49. The van der Waals surface area contributed by atoms with E-state index < -0.39 is 28.0 Å². The Hall–Kier alpha value is -1.87. The van der Waals surface area contributed by atoms with Crippen molar-refractivity contribution >= 4 is 22.1 Å². The minimum absolute atomic E-state index is 0.0708. The summed E-state index contributed by atoms with van der Waals surface area (Å²) in [6, 6.07) is 9.05. The highest BCUT2D eigenvalue weighted by Gasteiger charge is 2.19. The van der Waals surface area contributed by atoms with Gasteiger partial charge in [-0.05, 0) is 36.2 Å². The largest absolute Gasteiger partial charge is 0.480 e. The fourth-order valence-corrected chi connectivity index (χ4v) is 3.93. The molecule has 0 bridgehead atoms. The third-order valence-corrected chi connectivity index (χ3v) is 7.90. The molecule has 31 heavy (non-hydrogen) atoms. The van der Waals surface area contributed by atoms with Crippen LogP contribution in [0.3, 0.4) is 0 Å². The first kappa shape index (κ1) is 27.2. The summed E-state index contributed by atoms with van der Waals surface area (Å²) in [5.74, 6) is -1.32. The highest BCUT2D eigenvalue weighted by Crippen LogP contribution is 2.30. The lowest BCUT2D eigenvalue weighted by Crippen LogP contribution is -2.22. The van der Waals surface area contributed by atoms with Gasteiger partial charge in [0.15, 0.2) is 25.1 Å². The van der Waals surface area contributed by atoms with E-state index in [-0.39, 0.29) is 20.0 Å². The van der Waals surface area contributed by atoms with Crippen molar-refractivity contribution < 1.29 is 28.8 Å². The number of nitriles is 1. The topological polar surface area (TPSA) is 98.0 Å². The van der Waals surface area contributed by atoms with Crippen LogP contribution in [0, 0.1) is 17.2 Å². The molecule has 174 valence electrons. The van der Waals surface area contributed by atoms with E-state index >= 15 is 0 Å². The number of nitrogens with zero attached hydrogens (tertiary/aromatic N) is 1. The maximum absolute atomic E-state index is 11.2. The molecule has 0 aliphatic heterocycles. The molecule has 7 nitrogen and oxygen atoms in total. The van der Waals surface area contributed by atoms with E-state index in [0.29, 0.717) is 30.3 Å². The molecule has 0 aliphatic rings. The molecule has 1 rings (SSSR count). The van der Waals surface area contributed by atoms with Crippen molar-refractivity contribution in [3.63, 3.8) is 0 Å². The Kier molecular flexibility index (Phi) is 11.3. The van der Waals surface area contributed by atoms with Crippen LogP contribution in [-0.4, -0.2) is 54.0 Å². The van der Waals surface area contributed by atoms with Gasteiger partial charge in [-0.25, -0.2) is 0 Å². The zero-order valence-electron chi connectivity index (χ0n) is 19.7. The first-order valence-corrected chi connectivity index (χ1v) is 18.0. The van der Waals surface area contributed by atoms with Crippen LogP contribution < -0.4 is 9.47 Å². The molecule has 0 fully saturated rings. The normalized spacial score (nSPS) is 12.8. The Morgan fingerprint density at radius 2 is 1.48 bits per heavy atom. The molecule has 1 aromatic carbocycles. The van der Waals surface area contributed by atoms with Gasteiger partial charge < -0.3 is 24.1 Å². The van der Waals surface area contributed by atoms with E-state index in [2.05, 4.69) is 39.3 Å². The van der Waals surface area contributed by atoms with Crippen LogP contribution in [0.5, 0.6) is 11.5 Å². The average molecular weight is 468 g/mol. The number of carboxylic acid groups (broad SMARTS) is 1. The number of carboxylic acids is 1. The maximum atomic E-state index is 11.2. The SMILES string of the molecule is C[Si](C)(C)CCOCOc1ccc(CC(C#N)C(=O)O)cc1OCOCC[Si](C)(C)C. The highest BCUT2D eigenvalue weighted by molar-refractivity contribution is 6.76. The second-order valence-electron chi connectivity index (χ2n) is 9.97. The number of rotatable bonds is 15. The lowest BCUT2D eigenvalue weighted by atomic mass is 10.0. The summed E-state index contributed by atoms with van der Waals surface area (Å²) in [4.78, 5) is 11.2. The van der Waals surface area contributed by atoms with Gasteiger partial charge in [0.2, 0.25) is 0 Å². The molecule has 0 aromatic heterocycles. The Balaban J connectivity index is 2.74. The molecule has 0 amide bonds. The van der Waals surface area contributed by atoms with Gasteiger partial charge in [-0.3, -0.25) is 4.79 Å². The second-order valence-corrected chi connectivity index (χ2v) is 21.2. The van der Waals surface area contributed by atoms with E-state index in [1.807, 2.05) is 6.07 Å². The Morgan fingerprint density at radius 1 is 0.968 bits per heavy atom. The lowest BCUT2D eigenvalue weighted by molar-refractivity contribution is -0.139. The number of ether oxygens (including phenoxy) is 4. The molecule has 1 aromatic rings. The van der Waals surface area contributed by atoms with Crippen LogP contribution in [0.15, 0.2) is 18.2 Å².